The number of rotatable bonds is 7. The third kappa shape index (κ3) is 4.42. The molecule has 186 valence electrons. The molecule has 1 fully saturated rings. The zero-order valence-corrected chi connectivity index (χ0v) is 20.2. The van der Waals surface area contributed by atoms with E-state index in [1.165, 1.54) is 13.2 Å². The summed E-state index contributed by atoms with van der Waals surface area (Å²) in [6.45, 7) is 5.64. The minimum Gasteiger partial charge on any atom is -0.507 e. The molecular formula is C28H26F2N2O4. The van der Waals surface area contributed by atoms with Crippen LogP contribution in [0.4, 0.5) is 20.2 Å². The number of amides is 1. The van der Waals surface area contributed by atoms with Gasteiger partial charge >= 0.3 is 0 Å². The number of ether oxygens (including phenoxy) is 1. The van der Waals surface area contributed by atoms with Crippen LogP contribution in [-0.2, 0) is 9.59 Å². The van der Waals surface area contributed by atoms with Gasteiger partial charge in [0.15, 0.2) is 11.6 Å². The highest BCUT2D eigenvalue weighted by Gasteiger charge is 2.47. The lowest BCUT2D eigenvalue weighted by atomic mass is 9.94. The summed E-state index contributed by atoms with van der Waals surface area (Å²) >= 11 is 0. The second kappa shape index (κ2) is 10.2. The molecule has 1 aliphatic rings. The van der Waals surface area contributed by atoms with Crippen molar-refractivity contribution in [3.05, 3.63) is 95.1 Å². The largest absolute Gasteiger partial charge is 0.507 e. The van der Waals surface area contributed by atoms with Gasteiger partial charge in [-0.1, -0.05) is 24.3 Å². The number of methoxy groups -OCH3 is 1. The number of hydrogen-bond acceptors (Lipinski definition) is 5. The molecule has 36 heavy (non-hydrogen) atoms. The molecule has 0 radical (unpaired) electrons. The molecule has 1 saturated heterocycles. The fourth-order valence-corrected chi connectivity index (χ4v) is 4.43. The maximum atomic E-state index is 14.1. The fraction of sp³-hybridized carbons (Fsp3) is 0.214. The minimum atomic E-state index is -1.15. The molecule has 6 nitrogen and oxygen atoms in total. The van der Waals surface area contributed by atoms with Gasteiger partial charge in [-0.25, -0.2) is 8.78 Å². The second-order valence-corrected chi connectivity index (χ2v) is 8.26. The summed E-state index contributed by atoms with van der Waals surface area (Å²) in [5.41, 5.74) is 1.59. The molecular weight excluding hydrogens is 466 g/mol. The first-order valence-corrected chi connectivity index (χ1v) is 11.6. The molecule has 0 saturated carbocycles. The van der Waals surface area contributed by atoms with Gasteiger partial charge in [0.2, 0.25) is 0 Å². The van der Waals surface area contributed by atoms with Crippen LogP contribution in [0.2, 0.25) is 0 Å². The lowest BCUT2D eigenvalue weighted by Gasteiger charge is -2.27. The number of aliphatic hydroxyl groups excluding tert-OH is 1. The molecule has 0 spiro atoms. The van der Waals surface area contributed by atoms with E-state index in [4.69, 9.17) is 4.74 Å². The van der Waals surface area contributed by atoms with Crippen LogP contribution in [0.5, 0.6) is 5.75 Å². The van der Waals surface area contributed by atoms with Gasteiger partial charge in [0.1, 0.15) is 11.5 Å². The van der Waals surface area contributed by atoms with Gasteiger partial charge in [0.25, 0.3) is 11.7 Å². The van der Waals surface area contributed by atoms with Crippen LogP contribution in [0.15, 0.2) is 72.3 Å². The van der Waals surface area contributed by atoms with Crippen molar-refractivity contribution in [1.82, 2.24) is 0 Å². The molecule has 1 N–H and O–H groups in total. The third-order valence-corrected chi connectivity index (χ3v) is 6.31. The molecule has 1 unspecified atom stereocenters. The maximum absolute atomic E-state index is 14.1. The first-order chi connectivity index (χ1) is 17.3. The summed E-state index contributed by atoms with van der Waals surface area (Å²) in [4.78, 5) is 29.7. The topological polar surface area (TPSA) is 70.1 Å². The van der Waals surface area contributed by atoms with Crippen molar-refractivity contribution in [3.8, 4) is 5.75 Å². The van der Waals surface area contributed by atoms with Gasteiger partial charge in [0.05, 0.1) is 18.7 Å². The van der Waals surface area contributed by atoms with Crippen LogP contribution in [-0.4, -0.2) is 37.0 Å². The molecule has 1 aliphatic heterocycles. The predicted molar refractivity (Wildman–Crippen MR) is 134 cm³/mol. The molecule has 0 bridgehead atoms. The smallest absolute Gasteiger partial charge is 0.300 e. The number of Topliss-reactive ketones (excluding diaryl/α,β-unsaturated/α-hetero) is 1. The highest BCUT2D eigenvalue weighted by atomic mass is 19.2. The molecule has 1 heterocycles. The highest BCUT2D eigenvalue weighted by molar-refractivity contribution is 6.51. The Balaban J connectivity index is 1.91. The Morgan fingerprint density at radius 2 is 1.67 bits per heavy atom. The van der Waals surface area contributed by atoms with E-state index in [1.54, 1.807) is 36.4 Å². The van der Waals surface area contributed by atoms with Crippen molar-refractivity contribution >= 4 is 28.8 Å². The van der Waals surface area contributed by atoms with E-state index in [0.717, 1.165) is 35.8 Å². The Kier molecular flexibility index (Phi) is 7.05. The Bertz CT molecular complexity index is 1330. The number of halogens is 2. The van der Waals surface area contributed by atoms with Gasteiger partial charge in [-0.15, -0.1) is 0 Å². The molecule has 0 aliphatic carbocycles. The zero-order valence-electron chi connectivity index (χ0n) is 20.2. The minimum absolute atomic E-state index is 0.00138. The van der Waals surface area contributed by atoms with Crippen LogP contribution < -0.4 is 14.5 Å². The van der Waals surface area contributed by atoms with Gasteiger partial charge in [0, 0.05) is 36.1 Å². The number of carbonyl (C=O) groups excluding carboxylic acids is 2. The van der Waals surface area contributed by atoms with E-state index in [9.17, 15) is 23.5 Å². The maximum Gasteiger partial charge on any atom is 0.300 e. The van der Waals surface area contributed by atoms with Crippen LogP contribution in [0.25, 0.3) is 5.76 Å². The van der Waals surface area contributed by atoms with Gasteiger partial charge in [-0.2, -0.15) is 0 Å². The Morgan fingerprint density at radius 3 is 2.28 bits per heavy atom. The summed E-state index contributed by atoms with van der Waals surface area (Å²) in [5, 5.41) is 11.2. The van der Waals surface area contributed by atoms with Gasteiger partial charge in [-0.05, 0) is 55.8 Å². The van der Waals surface area contributed by atoms with Crippen molar-refractivity contribution in [1.29, 1.82) is 0 Å². The van der Waals surface area contributed by atoms with Crippen molar-refractivity contribution in [2.45, 2.75) is 19.9 Å². The van der Waals surface area contributed by atoms with Gasteiger partial charge < -0.3 is 14.7 Å². The zero-order chi connectivity index (χ0) is 26.0. The molecule has 8 heteroatoms. The SMILES string of the molecule is CCN(CC)c1ccc(C2/C(=C(\O)c3cccc(OC)c3)C(=O)C(=O)N2c2ccc(F)c(F)c2)cc1. The number of nitrogens with zero attached hydrogens (tertiary/aromatic N) is 2. The molecule has 1 amide bonds. The van der Waals surface area contributed by atoms with E-state index in [-0.39, 0.29) is 16.8 Å². The average Bonchev–Trinajstić information content (AvgIpc) is 3.16. The number of aliphatic hydroxyl groups is 1. The summed E-state index contributed by atoms with van der Waals surface area (Å²) in [6.07, 6.45) is 0. The summed E-state index contributed by atoms with van der Waals surface area (Å²) in [5.74, 6) is -4.06. The van der Waals surface area contributed by atoms with Crippen molar-refractivity contribution in [2.24, 2.45) is 0 Å². The fourth-order valence-electron chi connectivity index (χ4n) is 4.43. The second-order valence-electron chi connectivity index (χ2n) is 8.26. The summed E-state index contributed by atoms with van der Waals surface area (Å²) in [7, 11) is 1.47. The number of hydrogen-bond donors (Lipinski definition) is 1. The molecule has 3 aromatic rings. The van der Waals surface area contributed by atoms with Crippen LogP contribution >= 0.6 is 0 Å². The Morgan fingerprint density at radius 1 is 0.972 bits per heavy atom. The van der Waals surface area contributed by atoms with Crippen LogP contribution in [0, 0.1) is 11.6 Å². The van der Waals surface area contributed by atoms with Crippen molar-refractivity contribution < 1.29 is 28.2 Å². The van der Waals surface area contributed by atoms with Gasteiger partial charge in [-0.3, -0.25) is 14.5 Å². The van der Waals surface area contributed by atoms with Crippen molar-refractivity contribution in [3.63, 3.8) is 0 Å². The predicted octanol–water partition coefficient (Wildman–Crippen LogP) is 5.45. The van der Waals surface area contributed by atoms with E-state index in [0.29, 0.717) is 11.3 Å². The first-order valence-electron chi connectivity index (χ1n) is 11.6. The van der Waals surface area contributed by atoms with E-state index < -0.39 is 35.1 Å². The number of benzene rings is 3. The highest BCUT2D eigenvalue weighted by Crippen LogP contribution is 2.43. The lowest BCUT2D eigenvalue weighted by molar-refractivity contribution is -0.132. The average molecular weight is 493 g/mol. The molecule has 4 rings (SSSR count). The summed E-state index contributed by atoms with van der Waals surface area (Å²) < 4.78 is 33.0. The summed E-state index contributed by atoms with van der Waals surface area (Å²) in [6, 6.07) is 15.6. The standard InChI is InChI=1S/C28H26F2N2O4/c1-4-31(5-2)19-11-9-17(10-12-19)25-24(26(33)18-7-6-8-21(15-18)36-3)27(34)28(35)32(25)20-13-14-22(29)23(30)16-20/h6-16,25,33H,4-5H2,1-3H3/b26-24+. The Labute approximate surface area is 208 Å². The monoisotopic (exact) mass is 492 g/mol. The quantitative estimate of drug-likeness (QED) is 0.270. The molecule has 3 aromatic carbocycles. The molecule has 1 atom stereocenters. The van der Waals surface area contributed by atoms with Crippen LogP contribution in [0.3, 0.4) is 0 Å². The van der Waals surface area contributed by atoms with Crippen molar-refractivity contribution in [2.75, 3.05) is 30.0 Å². The normalized spacial score (nSPS) is 16.9. The lowest BCUT2D eigenvalue weighted by Crippen LogP contribution is -2.29. The Hall–Kier alpha value is -4.20. The number of anilines is 2. The van der Waals surface area contributed by atoms with Crippen LogP contribution in [0.1, 0.15) is 31.0 Å². The van der Waals surface area contributed by atoms with E-state index in [1.807, 2.05) is 26.0 Å². The van der Waals surface area contributed by atoms with E-state index in [2.05, 4.69) is 4.90 Å². The number of carbonyl (C=O) groups is 2. The van der Waals surface area contributed by atoms with E-state index >= 15 is 0 Å². The molecule has 0 aromatic heterocycles. The third-order valence-electron chi connectivity index (χ3n) is 6.31. The first kappa shape index (κ1) is 24.9. The number of ketones is 1.